The molecule has 0 aliphatic carbocycles. The van der Waals surface area contributed by atoms with Crippen molar-refractivity contribution in [3.8, 4) is 0 Å². The summed E-state index contributed by atoms with van der Waals surface area (Å²) < 4.78 is 0. The first-order chi connectivity index (χ1) is 13.6. The molecular formula is C20H29IN6OS. The molecule has 1 aliphatic heterocycles. The molecule has 3 heterocycles. The molecule has 7 nitrogen and oxygen atoms in total. The zero-order chi connectivity index (χ0) is 19.8. The van der Waals surface area contributed by atoms with Gasteiger partial charge in [-0.1, -0.05) is 12.1 Å². The number of pyridine rings is 1. The second-order valence-electron chi connectivity index (χ2n) is 6.98. The molecule has 29 heavy (non-hydrogen) atoms. The topological polar surface area (TPSA) is 72.9 Å². The highest BCUT2D eigenvalue weighted by Crippen LogP contribution is 2.17. The Morgan fingerprint density at radius 3 is 2.69 bits per heavy atom. The molecule has 1 amide bonds. The highest BCUT2D eigenvalue weighted by molar-refractivity contribution is 14.0. The third-order valence-electron chi connectivity index (χ3n) is 4.69. The molecule has 0 bridgehead atoms. The van der Waals surface area contributed by atoms with E-state index in [1.807, 2.05) is 24.4 Å². The molecule has 2 aromatic heterocycles. The maximum absolute atomic E-state index is 11.9. The molecule has 1 saturated heterocycles. The van der Waals surface area contributed by atoms with Crippen molar-refractivity contribution in [1.29, 1.82) is 0 Å². The maximum atomic E-state index is 11.9. The van der Waals surface area contributed by atoms with E-state index < -0.39 is 0 Å². The number of hydrogen-bond donors (Lipinski definition) is 2. The minimum Gasteiger partial charge on any atom is -0.356 e. The SMILES string of the molecule is CN(C)C(=O)CN=C(NCc1cccs1)NC1CCN(c2ccccn2)CC1.I. The molecule has 0 spiro atoms. The summed E-state index contributed by atoms with van der Waals surface area (Å²) in [5.41, 5.74) is 0. The lowest BCUT2D eigenvalue weighted by molar-refractivity contribution is -0.127. The average molecular weight is 528 g/mol. The van der Waals surface area contributed by atoms with Gasteiger partial charge in [0, 0.05) is 44.3 Å². The molecule has 2 aromatic rings. The van der Waals surface area contributed by atoms with Crippen LogP contribution < -0.4 is 15.5 Å². The Morgan fingerprint density at radius 1 is 1.28 bits per heavy atom. The van der Waals surface area contributed by atoms with E-state index in [9.17, 15) is 4.79 Å². The van der Waals surface area contributed by atoms with E-state index in [2.05, 4.69) is 43.0 Å². The fraction of sp³-hybridized carbons (Fsp3) is 0.450. The van der Waals surface area contributed by atoms with E-state index >= 15 is 0 Å². The predicted octanol–water partition coefficient (Wildman–Crippen LogP) is 2.55. The molecule has 0 aromatic carbocycles. The van der Waals surface area contributed by atoms with Gasteiger partial charge in [0.2, 0.25) is 5.91 Å². The smallest absolute Gasteiger partial charge is 0.243 e. The average Bonchev–Trinajstić information content (AvgIpc) is 3.24. The zero-order valence-electron chi connectivity index (χ0n) is 16.9. The van der Waals surface area contributed by atoms with Crippen LogP contribution in [0.15, 0.2) is 46.9 Å². The number of hydrogen-bond acceptors (Lipinski definition) is 5. The van der Waals surface area contributed by atoms with Crippen LogP contribution in [0.3, 0.4) is 0 Å². The van der Waals surface area contributed by atoms with Gasteiger partial charge in [0.25, 0.3) is 0 Å². The van der Waals surface area contributed by atoms with Crippen LogP contribution in [0, 0.1) is 0 Å². The van der Waals surface area contributed by atoms with Crippen molar-refractivity contribution < 1.29 is 4.79 Å². The zero-order valence-corrected chi connectivity index (χ0v) is 20.0. The molecule has 3 rings (SSSR count). The molecule has 2 N–H and O–H groups in total. The van der Waals surface area contributed by atoms with Crippen LogP contribution in [0.1, 0.15) is 17.7 Å². The third kappa shape index (κ3) is 7.46. The van der Waals surface area contributed by atoms with Crippen LogP contribution in [0.4, 0.5) is 5.82 Å². The van der Waals surface area contributed by atoms with Crippen molar-refractivity contribution in [3.05, 3.63) is 46.8 Å². The molecule has 158 valence electrons. The number of carbonyl (C=O) groups excluding carboxylic acids is 1. The highest BCUT2D eigenvalue weighted by atomic mass is 127. The Balaban J connectivity index is 0.00000300. The largest absolute Gasteiger partial charge is 0.356 e. The minimum absolute atomic E-state index is 0. The summed E-state index contributed by atoms with van der Waals surface area (Å²) in [6.45, 7) is 2.74. The molecule has 1 aliphatic rings. The van der Waals surface area contributed by atoms with Gasteiger partial charge in [-0.15, -0.1) is 35.3 Å². The standard InChI is InChI=1S/C20H28N6OS.HI/c1-25(2)19(27)15-23-20(22-14-17-6-5-13-28-17)24-16-8-11-26(12-9-16)18-7-3-4-10-21-18;/h3-7,10,13,16H,8-9,11-12,14-15H2,1-2H3,(H2,22,23,24);1H. The molecule has 9 heteroatoms. The summed E-state index contributed by atoms with van der Waals surface area (Å²) in [4.78, 5) is 26.0. The van der Waals surface area contributed by atoms with E-state index in [1.54, 1.807) is 30.3 Å². The van der Waals surface area contributed by atoms with Crippen molar-refractivity contribution in [2.24, 2.45) is 4.99 Å². The summed E-state index contributed by atoms with van der Waals surface area (Å²) >= 11 is 1.70. The van der Waals surface area contributed by atoms with Gasteiger partial charge in [-0.3, -0.25) is 4.79 Å². The molecule has 0 atom stereocenters. The van der Waals surface area contributed by atoms with Gasteiger partial charge in [-0.2, -0.15) is 0 Å². The normalized spacial score (nSPS) is 14.8. The van der Waals surface area contributed by atoms with Gasteiger partial charge in [-0.05, 0) is 36.4 Å². The lowest BCUT2D eigenvalue weighted by atomic mass is 10.1. The quantitative estimate of drug-likeness (QED) is 0.343. The first-order valence-electron chi connectivity index (χ1n) is 9.55. The molecule has 0 radical (unpaired) electrons. The van der Waals surface area contributed by atoms with Crippen molar-refractivity contribution >= 4 is 53.0 Å². The molecule has 1 fully saturated rings. The Morgan fingerprint density at radius 2 is 2.07 bits per heavy atom. The second-order valence-corrected chi connectivity index (χ2v) is 8.01. The van der Waals surface area contributed by atoms with E-state index in [4.69, 9.17) is 0 Å². The Kier molecular flexibility index (Phi) is 9.65. The van der Waals surface area contributed by atoms with Gasteiger partial charge in [0.15, 0.2) is 5.96 Å². The van der Waals surface area contributed by atoms with Crippen molar-refractivity contribution in [2.75, 3.05) is 38.6 Å². The number of carbonyl (C=O) groups is 1. The number of anilines is 1. The first kappa shape index (κ1) is 23.4. The van der Waals surface area contributed by atoms with Gasteiger partial charge < -0.3 is 20.4 Å². The number of amides is 1. The van der Waals surface area contributed by atoms with Crippen molar-refractivity contribution in [2.45, 2.75) is 25.4 Å². The number of halogens is 1. The number of nitrogens with zero attached hydrogens (tertiary/aromatic N) is 4. The van der Waals surface area contributed by atoms with Crippen molar-refractivity contribution in [3.63, 3.8) is 0 Å². The summed E-state index contributed by atoms with van der Waals surface area (Å²) in [6, 6.07) is 10.5. The minimum atomic E-state index is -0.0119. The van der Waals surface area contributed by atoms with Crippen LogP contribution in [0.2, 0.25) is 0 Å². The predicted molar refractivity (Wildman–Crippen MR) is 130 cm³/mol. The van der Waals surface area contributed by atoms with E-state index in [0.717, 1.165) is 31.7 Å². The number of aliphatic imine (C=N–C) groups is 1. The number of rotatable bonds is 6. The summed E-state index contributed by atoms with van der Waals surface area (Å²) in [7, 11) is 3.49. The summed E-state index contributed by atoms with van der Waals surface area (Å²) in [5, 5.41) is 8.93. The number of thiophene rings is 1. The summed E-state index contributed by atoms with van der Waals surface area (Å²) in [5.74, 6) is 1.71. The van der Waals surface area contributed by atoms with E-state index in [1.165, 1.54) is 4.88 Å². The van der Waals surface area contributed by atoms with E-state index in [-0.39, 0.29) is 36.4 Å². The molecule has 0 unspecified atom stereocenters. The number of nitrogens with one attached hydrogen (secondary N) is 2. The first-order valence-corrected chi connectivity index (χ1v) is 10.4. The highest BCUT2D eigenvalue weighted by Gasteiger charge is 2.21. The lowest BCUT2D eigenvalue weighted by Crippen LogP contribution is -2.49. The van der Waals surface area contributed by atoms with E-state index in [0.29, 0.717) is 18.5 Å². The van der Waals surface area contributed by atoms with Crippen LogP contribution in [-0.2, 0) is 11.3 Å². The Hall–Kier alpha value is -1.88. The Labute approximate surface area is 193 Å². The lowest BCUT2D eigenvalue weighted by Gasteiger charge is -2.33. The molecular weight excluding hydrogens is 499 g/mol. The van der Waals surface area contributed by atoms with Crippen LogP contribution in [0.25, 0.3) is 0 Å². The van der Waals surface area contributed by atoms with Gasteiger partial charge >= 0.3 is 0 Å². The van der Waals surface area contributed by atoms with Gasteiger partial charge in [0.05, 0.1) is 6.54 Å². The monoisotopic (exact) mass is 528 g/mol. The maximum Gasteiger partial charge on any atom is 0.243 e. The number of likely N-dealkylation sites (N-methyl/N-ethyl adjacent to an activating group) is 1. The Bertz CT molecular complexity index is 761. The van der Waals surface area contributed by atoms with Crippen molar-refractivity contribution in [1.82, 2.24) is 20.5 Å². The summed E-state index contributed by atoms with van der Waals surface area (Å²) in [6.07, 6.45) is 3.83. The van der Waals surface area contributed by atoms with Crippen LogP contribution in [0.5, 0.6) is 0 Å². The van der Waals surface area contributed by atoms with Crippen LogP contribution in [-0.4, -0.2) is 61.5 Å². The number of piperidine rings is 1. The number of guanidine groups is 1. The fourth-order valence-corrected chi connectivity index (χ4v) is 3.66. The number of aromatic nitrogens is 1. The van der Waals surface area contributed by atoms with Gasteiger partial charge in [0.1, 0.15) is 12.4 Å². The third-order valence-corrected chi connectivity index (χ3v) is 5.57. The molecule has 0 saturated carbocycles. The fourth-order valence-electron chi connectivity index (χ4n) is 3.01. The van der Waals surface area contributed by atoms with Crippen LogP contribution >= 0.6 is 35.3 Å². The second kappa shape index (κ2) is 12.0. The van der Waals surface area contributed by atoms with Gasteiger partial charge in [-0.25, -0.2) is 9.98 Å².